The third kappa shape index (κ3) is 1.77. The van der Waals surface area contributed by atoms with E-state index in [1.807, 2.05) is 0 Å². The predicted octanol–water partition coefficient (Wildman–Crippen LogP) is 0.246. The van der Waals surface area contributed by atoms with Crippen LogP contribution in [0, 0.1) is 0 Å². The van der Waals surface area contributed by atoms with E-state index in [9.17, 15) is 4.79 Å². The van der Waals surface area contributed by atoms with Gasteiger partial charge in [-0.3, -0.25) is 4.79 Å². The van der Waals surface area contributed by atoms with Crippen LogP contribution in [0.5, 0.6) is 0 Å². The molecule has 1 aliphatic heterocycles. The van der Waals surface area contributed by atoms with Crippen LogP contribution in [0.25, 0.3) is 0 Å². The standard InChI is InChI=1S/C9H13N3O2/c10-7-4-11-8(12-9(7)13)6-2-1-3-14-5-6/h4,6H,1-3,5,10H2,(H,11,12,13). The molecule has 1 aromatic rings. The van der Waals surface area contributed by atoms with Crippen molar-refractivity contribution >= 4 is 5.69 Å². The number of hydrogen-bond donors (Lipinski definition) is 2. The van der Waals surface area contributed by atoms with Crippen LogP contribution in [0.1, 0.15) is 24.6 Å². The zero-order valence-corrected chi connectivity index (χ0v) is 7.82. The third-order valence-corrected chi connectivity index (χ3v) is 2.39. The summed E-state index contributed by atoms with van der Waals surface area (Å²) in [6.45, 7) is 1.43. The van der Waals surface area contributed by atoms with Gasteiger partial charge in [0, 0.05) is 12.5 Å². The van der Waals surface area contributed by atoms with Crippen molar-refractivity contribution in [2.45, 2.75) is 18.8 Å². The number of nitrogens with zero attached hydrogens (tertiary/aromatic N) is 1. The Kier molecular flexibility index (Phi) is 2.49. The van der Waals surface area contributed by atoms with Gasteiger partial charge in [0.15, 0.2) is 0 Å². The molecule has 0 saturated carbocycles. The number of hydrogen-bond acceptors (Lipinski definition) is 4. The van der Waals surface area contributed by atoms with Crippen LogP contribution in [0.15, 0.2) is 11.0 Å². The maximum absolute atomic E-state index is 11.2. The second kappa shape index (κ2) is 3.79. The minimum absolute atomic E-state index is 0.158. The van der Waals surface area contributed by atoms with Gasteiger partial charge in [-0.1, -0.05) is 0 Å². The fourth-order valence-corrected chi connectivity index (χ4v) is 1.58. The molecular formula is C9H13N3O2. The molecule has 0 bridgehead atoms. The van der Waals surface area contributed by atoms with E-state index in [1.165, 1.54) is 6.20 Å². The van der Waals surface area contributed by atoms with Crippen molar-refractivity contribution in [3.63, 3.8) is 0 Å². The lowest BCUT2D eigenvalue weighted by atomic mass is 10.0. The summed E-state index contributed by atoms with van der Waals surface area (Å²) in [4.78, 5) is 18.0. The number of H-pyrrole nitrogens is 1. The molecule has 76 valence electrons. The van der Waals surface area contributed by atoms with E-state index < -0.39 is 0 Å². The molecule has 0 spiro atoms. The molecule has 1 fully saturated rings. The molecule has 5 nitrogen and oxygen atoms in total. The quantitative estimate of drug-likeness (QED) is 0.672. The average molecular weight is 195 g/mol. The van der Waals surface area contributed by atoms with Crippen LogP contribution in [0.2, 0.25) is 0 Å². The van der Waals surface area contributed by atoms with Gasteiger partial charge in [0.05, 0.1) is 12.8 Å². The molecule has 3 N–H and O–H groups in total. The number of nitrogen functional groups attached to an aromatic ring is 1. The van der Waals surface area contributed by atoms with E-state index in [2.05, 4.69) is 9.97 Å². The van der Waals surface area contributed by atoms with Crippen molar-refractivity contribution in [3.8, 4) is 0 Å². The largest absolute Gasteiger partial charge is 0.393 e. The molecule has 0 radical (unpaired) electrons. The molecule has 14 heavy (non-hydrogen) atoms. The lowest BCUT2D eigenvalue weighted by molar-refractivity contribution is 0.0780. The Labute approximate surface area is 81.3 Å². The Bertz CT molecular complexity index is 369. The zero-order valence-electron chi connectivity index (χ0n) is 7.82. The highest BCUT2D eigenvalue weighted by atomic mass is 16.5. The highest BCUT2D eigenvalue weighted by Crippen LogP contribution is 2.21. The fraction of sp³-hybridized carbons (Fsp3) is 0.556. The monoisotopic (exact) mass is 195 g/mol. The maximum Gasteiger partial charge on any atom is 0.274 e. The van der Waals surface area contributed by atoms with Crippen molar-refractivity contribution in [1.82, 2.24) is 9.97 Å². The number of ether oxygens (including phenoxy) is 1. The molecule has 1 saturated heterocycles. The lowest BCUT2D eigenvalue weighted by Gasteiger charge is -2.20. The zero-order chi connectivity index (χ0) is 9.97. The van der Waals surface area contributed by atoms with Crippen LogP contribution >= 0.6 is 0 Å². The number of nitrogens with one attached hydrogen (secondary N) is 1. The van der Waals surface area contributed by atoms with Crippen molar-refractivity contribution in [2.24, 2.45) is 0 Å². The van der Waals surface area contributed by atoms with Crippen LogP contribution in [0.3, 0.4) is 0 Å². The molecule has 0 amide bonds. The molecule has 0 aliphatic carbocycles. The molecule has 2 rings (SSSR count). The van der Waals surface area contributed by atoms with Crippen molar-refractivity contribution in [2.75, 3.05) is 18.9 Å². The first-order valence-electron chi connectivity index (χ1n) is 4.70. The smallest absolute Gasteiger partial charge is 0.274 e. The summed E-state index contributed by atoms with van der Waals surface area (Å²) in [6, 6.07) is 0. The summed E-state index contributed by atoms with van der Waals surface area (Å²) in [5.41, 5.74) is 5.28. The predicted molar refractivity (Wildman–Crippen MR) is 52.1 cm³/mol. The van der Waals surface area contributed by atoms with Crippen LogP contribution in [0.4, 0.5) is 5.69 Å². The average Bonchev–Trinajstić information content (AvgIpc) is 2.23. The molecule has 5 heteroatoms. The Hall–Kier alpha value is -1.36. The van der Waals surface area contributed by atoms with E-state index in [-0.39, 0.29) is 17.2 Å². The first kappa shape index (κ1) is 9.21. The summed E-state index contributed by atoms with van der Waals surface area (Å²) in [5, 5.41) is 0. The molecule has 1 aliphatic rings. The molecule has 1 atom stereocenters. The topological polar surface area (TPSA) is 81.0 Å². The summed E-state index contributed by atoms with van der Waals surface area (Å²) < 4.78 is 5.31. The van der Waals surface area contributed by atoms with Crippen molar-refractivity contribution in [3.05, 3.63) is 22.4 Å². The Morgan fingerprint density at radius 2 is 2.50 bits per heavy atom. The normalized spacial score (nSPS) is 22.1. The van der Waals surface area contributed by atoms with E-state index in [0.29, 0.717) is 12.4 Å². The summed E-state index contributed by atoms with van der Waals surface area (Å²) in [7, 11) is 0. The van der Waals surface area contributed by atoms with E-state index in [1.54, 1.807) is 0 Å². The van der Waals surface area contributed by atoms with Crippen LogP contribution < -0.4 is 11.3 Å². The third-order valence-electron chi connectivity index (χ3n) is 2.39. The number of anilines is 1. The summed E-state index contributed by atoms with van der Waals surface area (Å²) >= 11 is 0. The fourth-order valence-electron chi connectivity index (χ4n) is 1.58. The van der Waals surface area contributed by atoms with Gasteiger partial charge in [-0.15, -0.1) is 0 Å². The molecule has 0 aromatic carbocycles. The highest BCUT2D eigenvalue weighted by molar-refractivity contribution is 5.30. The number of aromatic amines is 1. The van der Waals surface area contributed by atoms with Gasteiger partial charge in [-0.2, -0.15) is 0 Å². The Morgan fingerprint density at radius 3 is 3.14 bits per heavy atom. The van der Waals surface area contributed by atoms with Gasteiger partial charge < -0.3 is 15.5 Å². The number of nitrogens with two attached hydrogens (primary N) is 1. The minimum Gasteiger partial charge on any atom is -0.393 e. The van der Waals surface area contributed by atoms with E-state index in [0.717, 1.165) is 19.4 Å². The second-order valence-corrected chi connectivity index (χ2v) is 3.47. The molecular weight excluding hydrogens is 182 g/mol. The highest BCUT2D eigenvalue weighted by Gasteiger charge is 2.18. The molecule has 2 heterocycles. The van der Waals surface area contributed by atoms with E-state index in [4.69, 9.17) is 10.5 Å². The van der Waals surface area contributed by atoms with Gasteiger partial charge in [-0.05, 0) is 12.8 Å². The van der Waals surface area contributed by atoms with Crippen LogP contribution in [-0.2, 0) is 4.74 Å². The van der Waals surface area contributed by atoms with Crippen LogP contribution in [-0.4, -0.2) is 23.2 Å². The van der Waals surface area contributed by atoms with Gasteiger partial charge >= 0.3 is 0 Å². The Balaban J connectivity index is 2.23. The Morgan fingerprint density at radius 1 is 1.64 bits per heavy atom. The lowest BCUT2D eigenvalue weighted by Crippen LogP contribution is -2.22. The first-order chi connectivity index (χ1) is 6.77. The first-order valence-corrected chi connectivity index (χ1v) is 4.70. The SMILES string of the molecule is Nc1cnc(C2CCCOC2)[nH]c1=O. The second-order valence-electron chi connectivity index (χ2n) is 3.47. The summed E-state index contributed by atoms with van der Waals surface area (Å²) in [6.07, 6.45) is 3.42. The maximum atomic E-state index is 11.2. The van der Waals surface area contributed by atoms with E-state index >= 15 is 0 Å². The minimum atomic E-state index is -0.263. The van der Waals surface area contributed by atoms with Gasteiger partial charge in [0.25, 0.3) is 5.56 Å². The number of aromatic nitrogens is 2. The van der Waals surface area contributed by atoms with Gasteiger partial charge in [0.2, 0.25) is 0 Å². The van der Waals surface area contributed by atoms with Crippen molar-refractivity contribution in [1.29, 1.82) is 0 Å². The van der Waals surface area contributed by atoms with Crippen molar-refractivity contribution < 1.29 is 4.74 Å². The van der Waals surface area contributed by atoms with Gasteiger partial charge in [0.1, 0.15) is 11.5 Å². The number of rotatable bonds is 1. The molecule has 1 aromatic heterocycles. The summed E-state index contributed by atoms with van der Waals surface area (Å²) in [5.74, 6) is 0.890. The molecule has 1 unspecified atom stereocenters. The van der Waals surface area contributed by atoms with Gasteiger partial charge in [-0.25, -0.2) is 4.98 Å².